The van der Waals surface area contributed by atoms with Gasteiger partial charge in [-0.15, -0.1) is 0 Å². The van der Waals surface area contributed by atoms with Crippen molar-refractivity contribution in [3.8, 4) is 0 Å². The summed E-state index contributed by atoms with van der Waals surface area (Å²) in [6.07, 6.45) is -8.59. The fraction of sp³-hybridized carbons (Fsp3) is 1.00. The van der Waals surface area contributed by atoms with Gasteiger partial charge in [0.2, 0.25) is 0 Å². The highest BCUT2D eigenvalue weighted by Crippen LogP contribution is 2.33. The van der Waals surface area contributed by atoms with Gasteiger partial charge in [-0.25, -0.2) is 0 Å². The lowest BCUT2D eigenvalue weighted by molar-refractivity contribution is -0.322. The van der Waals surface area contributed by atoms with Crippen molar-refractivity contribution in [1.29, 1.82) is 0 Å². The summed E-state index contributed by atoms with van der Waals surface area (Å²) in [7, 11) is 1.40. The summed E-state index contributed by atoms with van der Waals surface area (Å²) in [5.74, 6) is -1.05. The highest BCUT2D eigenvalue weighted by molar-refractivity contribution is 4.95. The molecule has 9 heteroatoms. The van der Waals surface area contributed by atoms with Gasteiger partial charge in [0.05, 0.1) is 31.0 Å². The zero-order valence-electron chi connectivity index (χ0n) is 13.8. The van der Waals surface area contributed by atoms with Crippen LogP contribution in [0.4, 0.5) is 0 Å². The van der Waals surface area contributed by atoms with E-state index in [1.165, 1.54) is 7.11 Å². The number of methoxy groups -OCH3 is 1. The molecular weight excluding hydrogens is 324 g/mol. The summed E-state index contributed by atoms with van der Waals surface area (Å²) in [5, 5.41) is 59.5. The molecule has 0 bridgehead atoms. The number of hydrogen-bond donors (Lipinski definition) is 6. The van der Waals surface area contributed by atoms with Gasteiger partial charge in [-0.1, -0.05) is 6.92 Å². The molecule has 10 unspecified atom stereocenters. The first-order chi connectivity index (χ1) is 11.3. The van der Waals surface area contributed by atoms with Crippen LogP contribution in [-0.2, 0) is 14.2 Å². The summed E-state index contributed by atoms with van der Waals surface area (Å²) in [4.78, 5) is 0. The van der Waals surface area contributed by atoms with E-state index in [-0.39, 0.29) is 19.6 Å². The predicted octanol–water partition coefficient (Wildman–Crippen LogP) is -2.80. The second-order valence-electron chi connectivity index (χ2n) is 6.60. The second-order valence-corrected chi connectivity index (χ2v) is 6.60. The minimum Gasteiger partial charge on any atom is -0.396 e. The average molecular weight is 352 g/mol. The van der Waals surface area contributed by atoms with Gasteiger partial charge in [0.15, 0.2) is 6.29 Å². The number of hydrogen-bond acceptors (Lipinski definition) is 9. The Kier molecular flexibility index (Phi) is 6.94. The SMILES string of the molecule is COC1CC(CO)C(OC2OC(CO)C(C)C(O)C2O)C(O)C1O. The molecule has 10 atom stereocenters. The van der Waals surface area contributed by atoms with Crippen LogP contribution in [0.5, 0.6) is 0 Å². The molecule has 1 saturated heterocycles. The third kappa shape index (κ3) is 3.74. The van der Waals surface area contributed by atoms with Gasteiger partial charge < -0.3 is 44.8 Å². The third-order valence-corrected chi connectivity index (χ3v) is 5.14. The largest absolute Gasteiger partial charge is 0.396 e. The number of ether oxygens (including phenoxy) is 3. The average Bonchev–Trinajstić information content (AvgIpc) is 2.59. The minimum absolute atomic E-state index is 0.251. The van der Waals surface area contributed by atoms with Crippen LogP contribution < -0.4 is 0 Å². The second kappa shape index (κ2) is 8.35. The molecule has 0 aromatic heterocycles. The summed E-state index contributed by atoms with van der Waals surface area (Å²) in [6, 6.07) is 0. The Morgan fingerprint density at radius 2 is 1.62 bits per heavy atom. The fourth-order valence-corrected chi connectivity index (χ4v) is 3.42. The molecule has 1 aliphatic carbocycles. The zero-order chi connectivity index (χ0) is 18.0. The smallest absolute Gasteiger partial charge is 0.186 e. The summed E-state index contributed by atoms with van der Waals surface area (Å²) < 4.78 is 16.2. The molecule has 1 saturated carbocycles. The Balaban J connectivity index is 2.12. The minimum atomic E-state index is -1.38. The van der Waals surface area contributed by atoms with Crippen molar-refractivity contribution in [2.24, 2.45) is 11.8 Å². The Hall–Kier alpha value is -0.360. The van der Waals surface area contributed by atoms with Crippen molar-refractivity contribution in [2.75, 3.05) is 20.3 Å². The van der Waals surface area contributed by atoms with E-state index in [0.717, 1.165) is 0 Å². The molecule has 1 aliphatic heterocycles. The van der Waals surface area contributed by atoms with Crippen molar-refractivity contribution in [3.05, 3.63) is 0 Å². The van der Waals surface area contributed by atoms with Crippen LogP contribution in [-0.4, -0.2) is 100.0 Å². The lowest BCUT2D eigenvalue weighted by Gasteiger charge is -2.46. The van der Waals surface area contributed by atoms with Crippen molar-refractivity contribution in [1.82, 2.24) is 0 Å². The summed E-state index contributed by atoms with van der Waals surface area (Å²) in [6.45, 7) is 0.944. The quantitative estimate of drug-likeness (QED) is 0.308. The standard InChI is InChI=1S/C15H28O9/c1-6-9(5-17)23-15(13(21)10(6)18)24-14-7(4-16)3-8(22-2)11(19)12(14)20/h6-21H,3-5H2,1-2H3. The van der Waals surface area contributed by atoms with Crippen LogP contribution in [0.3, 0.4) is 0 Å². The van der Waals surface area contributed by atoms with Crippen LogP contribution in [0.25, 0.3) is 0 Å². The predicted molar refractivity (Wildman–Crippen MR) is 79.8 cm³/mol. The van der Waals surface area contributed by atoms with E-state index in [1.807, 2.05) is 0 Å². The molecule has 0 amide bonds. The Morgan fingerprint density at radius 1 is 0.958 bits per heavy atom. The maximum atomic E-state index is 10.3. The van der Waals surface area contributed by atoms with E-state index in [9.17, 15) is 30.6 Å². The van der Waals surface area contributed by atoms with E-state index in [4.69, 9.17) is 14.2 Å². The monoisotopic (exact) mass is 352 g/mol. The topological polar surface area (TPSA) is 149 Å². The zero-order valence-corrected chi connectivity index (χ0v) is 13.8. The normalized spacial score (nSPS) is 50.0. The van der Waals surface area contributed by atoms with Gasteiger partial charge in [-0.3, -0.25) is 0 Å². The molecule has 2 aliphatic rings. The van der Waals surface area contributed by atoms with Crippen LogP contribution in [0.15, 0.2) is 0 Å². The van der Waals surface area contributed by atoms with Gasteiger partial charge in [-0.05, 0) is 6.42 Å². The van der Waals surface area contributed by atoms with Crippen molar-refractivity contribution >= 4 is 0 Å². The summed E-state index contributed by atoms with van der Waals surface area (Å²) >= 11 is 0. The molecule has 24 heavy (non-hydrogen) atoms. The van der Waals surface area contributed by atoms with E-state index < -0.39 is 60.9 Å². The Morgan fingerprint density at radius 3 is 2.17 bits per heavy atom. The fourth-order valence-electron chi connectivity index (χ4n) is 3.42. The first kappa shape index (κ1) is 20.0. The van der Waals surface area contributed by atoms with Gasteiger partial charge in [-0.2, -0.15) is 0 Å². The molecule has 0 spiro atoms. The highest BCUT2D eigenvalue weighted by Gasteiger charge is 2.49. The number of rotatable bonds is 5. The van der Waals surface area contributed by atoms with Crippen LogP contribution in [0.1, 0.15) is 13.3 Å². The molecule has 6 N–H and O–H groups in total. The first-order valence-corrected chi connectivity index (χ1v) is 8.13. The lowest BCUT2D eigenvalue weighted by atomic mass is 9.81. The molecular formula is C15H28O9. The molecule has 2 fully saturated rings. The molecule has 0 aromatic rings. The Labute approximate surface area is 140 Å². The van der Waals surface area contributed by atoms with Crippen LogP contribution >= 0.6 is 0 Å². The van der Waals surface area contributed by atoms with Gasteiger partial charge >= 0.3 is 0 Å². The van der Waals surface area contributed by atoms with E-state index in [0.29, 0.717) is 0 Å². The van der Waals surface area contributed by atoms with Crippen LogP contribution in [0, 0.1) is 11.8 Å². The molecule has 2 rings (SSSR count). The van der Waals surface area contributed by atoms with E-state index >= 15 is 0 Å². The molecule has 142 valence electrons. The van der Waals surface area contributed by atoms with Crippen molar-refractivity contribution in [3.63, 3.8) is 0 Å². The number of aliphatic hydroxyl groups is 6. The molecule has 9 nitrogen and oxygen atoms in total. The molecule has 1 heterocycles. The van der Waals surface area contributed by atoms with Crippen molar-refractivity contribution < 1.29 is 44.8 Å². The van der Waals surface area contributed by atoms with Gasteiger partial charge in [0.1, 0.15) is 18.3 Å². The maximum absolute atomic E-state index is 10.3. The van der Waals surface area contributed by atoms with E-state index in [1.54, 1.807) is 6.92 Å². The molecule has 0 aromatic carbocycles. The van der Waals surface area contributed by atoms with Gasteiger partial charge in [0, 0.05) is 25.6 Å². The van der Waals surface area contributed by atoms with E-state index in [2.05, 4.69) is 0 Å². The van der Waals surface area contributed by atoms with Gasteiger partial charge in [0.25, 0.3) is 0 Å². The maximum Gasteiger partial charge on any atom is 0.186 e. The van der Waals surface area contributed by atoms with Crippen molar-refractivity contribution in [2.45, 2.75) is 62.4 Å². The lowest BCUT2D eigenvalue weighted by Crippen LogP contribution is -2.61. The number of aliphatic hydroxyl groups excluding tert-OH is 6. The highest BCUT2D eigenvalue weighted by atomic mass is 16.7. The first-order valence-electron chi connectivity index (χ1n) is 8.13. The van der Waals surface area contributed by atoms with Crippen LogP contribution in [0.2, 0.25) is 0 Å². The Bertz CT molecular complexity index is 391. The summed E-state index contributed by atoms with van der Waals surface area (Å²) in [5.41, 5.74) is 0. The third-order valence-electron chi connectivity index (χ3n) is 5.14. The molecule has 0 radical (unpaired) electrons.